The van der Waals surface area contributed by atoms with Gasteiger partial charge >= 0.3 is 0 Å². The van der Waals surface area contributed by atoms with Crippen molar-refractivity contribution in [3.63, 3.8) is 0 Å². The van der Waals surface area contributed by atoms with Gasteiger partial charge in [0.2, 0.25) is 0 Å². The second-order valence-corrected chi connectivity index (χ2v) is 7.62. The van der Waals surface area contributed by atoms with Crippen molar-refractivity contribution in [2.45, 2.75) is 43.7 Å². The highest BCUT2D eigenvalue weighted by Crippen LogP contribution is 2.51. The van der Waals surface area contributed by atoms with E-state index in [9.17, 15) is 8.42 Å². The molecule has 2 aliphatic rings. The minimum absolute atomic E-state index is 0.0947. The zero-order valence-corrected chi connectivity index (χ0v) is 11.7. The Hall–Kier alpha value is -0.880. The fourth-order valence-corrected chi connectivity index (χ4v) is 4.99. The van der Waals surface area contributed by atoms with Gasteiger partial charge in [0.05, 0.1) is 0 Å². The van der Waals surface area contributed by atoms with Crippen LogP contribution in [-0.2, 0) is 17.1 Å². The van der Waals surface area contributed by atoms with Crippen LogP contribution in [0.1, 0.15) is 32.6 Å². The van der Waals surface area contributed by atoms with Gasteiger partial charge in [-0.05, 0) is 37.7 Å². The van der Waals surface area contributed by atoms with Gasteiger partial charge in [-0.15, -0.1) is 0 Å². The molecule has 1 spiro atoms. The fourth-order valence-electron chi connectivity index (χ4n) is 3.29. The van der Waals surface area contributed by atoms with Gasteiger partial charge in [0.1, 0.15) is 0 Å². The molecule has 1 atom stereocenters. The van der Waals surface area contributed by atoms with Gasteiger partial charge in [0.25, 0.3) is 10.0 Å². The highest BCUT2D eigenvalue weighted by molar-refractivity contribution is 7.89. The minimum atomic E-state index is -3.41. The van der Waals surface area contributed by atoms with Crippen LogP contribution in [0.5, 0.6) is 0 Å². The Bertz CT molecular complexity index is 560. The van der Waals surface area contributed by atoms with Crippen molar-refractivity contribution >= 4 is 10.0 Å². The van der Waals surface area contributed by atoms with E-state index in [4.69, 9.17) is 0 Å². The Morgan fingerprint density at radius 1 is 1.44 bits per heavy atom. The number of aryl methyl sites for hydroxylation is 1. The molecule has 18 heavy (non-hydrogen) atoms. The third kappa shape index (κ3) is 1.70. The van der Waals surface area contributed by atoms with E-state index in [0.717, 1.165) is 6.42 Å². The number of hydrogen-bond acceptors (Lipinski definition) is 3. The maximum atomic E-state index is 12.5. The van der Waals surface area contributed by atoms with Gasteiger partial charge in [0, 0.05) is 25.8 Å². The van der Waals surface area contributed by atoms with Gasteiger partial charge in [-0.2, -0.15) is 9.40 Å². The zero-order chi connectivity index (χ0) is 13.0. The maximum absolute atomic E-state index is 12.5. The molecule has 0 radical (unpaired) electrons. The van der Waals surface area contributed by atoms with E-state index in [0.29, 0.717) is 6.54 Å². The molecule has 0 amide bonds. The molecule has 0 aromatic carbocycles. The highest BCUT2D eigenvalue weighted by atomic mass is 32.2. The average Bonchev–Trinajstić information content (AvgIpc) is 2.81. The first kappa shape index (κ1) is 12.2. The summed E-state index contributed by atoms with van der Waals surface area (Å²) in [6, 6.07) is 1.67. The summed E-state index contributed by atoms with van der Waals surface area (Å²) in [6.07, 6.45) is 6.26. The van der Waals surface area contributed by atoms with E-state index in [-0.39, 0.29) is 16.5 Å². The van der Waals surface area contributed by atoms with Gasteiger partial charge in [-0.25, -0.2) is 8.42 Å². The van der Waals surface area contributed by atoms with Crippen molar-refractivity contribution in [1.82, 2.24) is 14.1 Å². The molecular weight excluding hydrogens is 250 g/mol. The van der Waals surface area contributed by atoms with Gasteiger partial charge < -0.3 is 0 Å². The van der Waals surface area contributed by atoms with E-state index < -0.39 is 10.0 Å². The van der Waals surface area contributed by atoms with E-state index in [1.54, 1.807) is 23.6 Å². The van der Waals surface area contributed by atoms with Crippen molar-refractivity contribution in [3.8, 4) is 0 Å². The van der Waals surface area contributed by atoms with Crippen molar-refractivity contribution in [3.05, 3.63) is 12.3 Å². The van der Waals surface area contributed by atoms with Crippen LogP contribution >= 0.6 is 0 Å². The summed E-state index contributed by atoms with van der Waals surface area (Å²) in [5, 5.41) is 4.21. The Morgan fingerprint density at radius 2 is 2.17 bits per heavy atom. The lowest BCUT2D eigenvalue weighted by molar-refractivity contribution is 0.152. The van der Waals surface area contributed by atoms with Crippen molar-refractivity contribution < 1.29 is 8.42 Å². The van der Waals surface area contributed by atoms with Crippen molar-refractivity contribution in [2.24, 2.45) is 12.5 Å². The Kier molecular flexibility index (Phi) is 2.57. The smallest absolute Gasteiger partial charge is 0.262 e. The molecule has 0 N–H and O–H groups in total. The molecule has 1 unspecified atom stereocenters. The number of aromatic nitrogens is 2. The Labute approximate surface area is 108 Å². The third-order valence-electron chi connectivity index (χ3n) is 4.39. The summed E-state index contributed by atoms with van der Waals surface area (Å²) >= 11 is 0. The normalized spacial score (nSPS) is 27.6. The van der Waals surface area contributed by atoms with Crippen LogP contribution in [0.3, 0.4) is 0 Å². The summed E-state index contributed by atoms with van der Waals surface area (Å²) in [5.74, 6) is 0. The largest absolute Gasteiger partial charge is 0.274 e. The highest BCUT2D eigenvalue weighted by Gasteiger charge is 2.50. The van der Waals surface area contributed by atoms with Crippen LogP contribution in [0.2, 0.25) is 0 Å². The first-order valence-electron chi connectivity index (χ1n) is 6.45. The number of rotatable bonds is 2. The fraction of sp³-hybridized carbons (Fsp3) is 0.750. The summed E-state index contributed by atoms with van der Waals surface area (Å²) in [7, 11) is -1.68. The lowest BCUT2D eigenvalue weighted by Gasteiger charge is -2.37. The number of hydrogen-bond donors (Lipinski definition) is 0. The van der Waals surface area contributed by atoms with E-state index >= 15 is 0 Å². The molecule has 0 bridgehead atoms. The predicted octanol–water partition coefficient (Wildman–Crippen LogP) is 1.37. The number of sulfonamides is 1. The van der Waals surface area contributed by atoms with Crippen LogP contribution in [0.15, 0.2) is 17.3 Å². The minimum Gasteiger partial charge on any atom is -0.274 e. The van der Waals surface area contributed by atoms with E-state index in [2.05, 4.69) is 5.10 Å². The molecule has 5 nitrogen and oxygen atoms in total. The van der Waals surface area contributed by atoms with Crippen LogP contribution in [-0.4, -0.2) is 35.1 Å². The molecule has 2 heterocycles. The van der Waals surface area contributed by atoms with E-state index in [1.165, 1.54) is 23.9 Å². The average molecular weight is 269 g/mol. The zero-order valence-electron chi connectivity index (χ0n) is 10.8. The van der Waals surface area contributed by atoms with Crippen LogP contribution in [0.25, 0.3) is 0 Å². The molecule has 6 heteroatoms. The van der Waals surface area contributed by atoms with Gasteiger partial charge in [-0.3, -0.25) is 4.68 Å². The summed E-state index contributed by atoms with van der Waals surface area (Å²) < 4.78 is 28.3. The molecule has 1 aliphatic carbocycles. The standard InChI is InChI=1S/C12H19N3O2S/c1-10-8-12(5-3-6-12)9-15(10)18(16,17)11-4-7-14(2)13-11/h4,7,10H,3,5-6,8-9H2,1-2H3. The molecular formula is C12H19N3O2S. The molecule has 1 saturated carbocycles. The molecule has 1 aromatic rings. The topological polar surface area (TPSA) is 55.2 Å². The van der Waals surface area contributed by atoms with Crippen LogP contribution in [0, 0.1) is 5.41 Å². The lowest BCUT2D eigenvalue weighted by Crippen LogP contribution is -2.37. The molecule has 2 fully saturated rings. The summed E-state index contributed by atoms with van der Waals surface area (Å²) in [6.45, 7) is 2.68. The molecule has 100 valence electrons. The SMILES string of the molecule is CC1CC2(CCC2)CN1S(=O)(=O)c1ccn(C)n1. The Morgan fingerprint density at radius 3 is 2.61 bits per heavy atom. The second kappa shape index (κ2) is 3.81. The van der Waals surface area contributed by atoms with Crippen LogP contribution in [0.4, 0.5) is 0 Å². The summed E-state index contributed by atoms with van der Waals surface area (Å²) in [4.78, 5) is 0. The quantitative estimate of drug-likeness (QED) is 0.815. The molecule has 1 saturated heterocycles. The van der Waals surface area contributed by atoms with Crippen LogP contribution < -0.4 is 0 Å². The third-order valence-corrected chi connectivity index (χ3v) is 6.24. The van der Waals surface area contributed by atoms with Crippen molar-refractivity contribution in [1.29, 1.82) is 0 Å². The van der Waals surface area contributed by atoms with Crippen molar-refractivity contribution in [2.75, 3.05) is 6.54 Å². The molecule has 3 rings (SSSR count). The summed E-state index contributed by atoms with van der Waals surface area (Å²) in [5.41, 5.74) is 0.265. The first-order chi connectivity index (χ1) is 8.43. The second-order valence-electron chi connectivity index (χ2n) is 5.78. The number of nitrogens with zero attached hydrogens (tertiary/aromatic N) is 3. The van der Waals surface area contributed by atoms with Gasteiger partial charge in [-0.1, -0.05) is 6.42 Å². The molecule has 1 aromatic heterocycles. The maximum Gasteiger partial charge on any atom is 0.262 e. The van der Waals surface area contributed by atoms with E-state index in [1.807, 2.05) is 6.92 Å². The Balaban J connectivity index is 1.90. The lowest BCUT2D eigenvalue weighted by atomic mass is 9.68. The monoisotopic (exact) mass is 269 g/mol. The predicted molar refractivity (Wildman–Crippen MR) is 67.5 cm³/mol. The molecule has 1 aliphatic heterocycles. The van der Waals surface area contributed by atoms with Gasteiger partial charge in [0.15, 0.2) is 5.03 Å². The first-order valence-corrected chi connectivity index (χ1v) is 7.89.